The van der Waals surface area contributed by atoms with Crippen molar-refractivity contribution in [3.63, 3.8) is 0 Å². The number of aryl methyl sites for hydroxylation is 1. The molecule has 112 valence electrons. The van der Waals surface area contributed by atoms with Gasteiger partial charge in [-0.25, -0.2) is 4.98 Å². The molecule has 0 aromatic carbocycles. The van der Waals surface area contributed by atoms with Crippen LogP contribution in [0.25, 0.3) is 0 Å². The lowest BCUT2D eigenvalue weighted by molar-refractivity contribution is 0.103. The van der Waals surface area contributed by atoms with Crippen LogP contribution in [-0.4, -0.2) is 40.8 Å². The zero-order chi connectivity index (χ0) is 15.0. The minimum Gasteiger partial charge on any atom is -0.449 e. The topological polar surface area (TPSA) is 88.1 Å². The molecule has 6 nitrogen and oxygen atoms in total. The lowest BCUT2D eigenvalue weighted by Gasteiger charge is -2.28. The second-order valence-corrected chi connectivity index (χ2v) is 5.71. The molecule has 21 heavy (non-hydrogen) atoms. The number of likely N-dealkylation sites (tertiary alicyclic amines) is 1. The molecule has 1 aliphatic rings. The number of piperidine rings is 1. The van der Waals surface area contributed by atoms with Crippen molar-refractivity contribution in [2.24, 2.45) is 0 Å². The van der Waals surface area contributed by atoms with E-state index in [4.69, 9.17) is 10.2 Å². The van der Waals surface area contributed by atoms with Crippen LogP contribution < -0.4 is 5.73 Å². The highest BCUT2D eigenvalue weighted by Gasteiger charge is 2.24. The number of carbonyl (C=O) groups is 1. The number of oxazole rings is 1. The Kier molecular flexibility index (Phi) is 3.55. The van der Waals surface area contributed by atoms with Gasteiger partial charge in [-0.3, -0.25) is 4.79 Å². The summed E-state index contributed by atoms with van der Waals surface area (Å²) < 4.78 is 5.09. The van der Waals surface area contributed by atoms with Gasteiger partial charge in [-0.1, -0.05) is 0 Å². The summed E-state index contributed by atoms with van der Waals surface area (Å²) in [6.45, 7) is 3.83. The van der Waals surface area contributed by atoms with Gasteiger partial charge in [-0.05, 0) is 50.5 Å². The van der Waals surface area contributed by atoms with Gasteiger partial charge in [0.1, 0.15) is 12.1 Å². The lowest BCUT2D eigenvalue weighted by atomic mass is 9.90. The molecular formula is C15H20N4O2. The Bertz CT molecular complexity index is 650. The van der Waals surface area contributed by atoms with Crippen molar-refractivity contribution in [1.29, 1.82) is 0 Å². The first-order valence-corrected chi connectivity index (χ1v) is 7.18. The second-order valence-electron chi connectivity index (χ2n) is 5.71. The fourth-order valence-electron chi connectivity index (χ4n) is 2.87. The first-order valence-electron chi connectivity index (χ1n) is 7.18. The minimum atomic E-state index is -0.183. The summed E-state index contributed by atoms with van der Waals surface area (Å²) in [4.78, 5) is 21.7. The number of aromatic nitrogens is 2. The van der Waals surface area contributed by atoms with E-state index < -0.39 is 0 Å². The van der Waals surface area contributed by atoms with Gasteiger partial charge in [0.05, 0.1) is 5.69 Å². The molecule has 1 saturated heterocycles. The highest BCUT2D eigenvalue weighted by molar-refractivity contribution is 6.06. The van der Waals surface area contributed by atoms with Crippen LogP contribution in [0.15, 0.2) is 16.7 Å². The number of anilines is 1. The van der Waals surface area contributed by atoms with E-state index in [1.165, 1.54) is 6.26 Å². The van der Waals surface area contributed by atoms with E-state index in [1.807, 2.05) is 6.07 Å². The molecule has 0 amide bonds. The molecule has 0 unspecified atom stereocenters. The van der Waals surface area contributed by atoms with Crippen molar-refractivity contribution < 1.29 is 9.21 Å². The molecule has 0 atom stereocenters. The Morgan fingerprint density at radius 3 is 2.81 bits per heavy atom. The quantitative estimate of drug-likeness (QED) is 0.843. The van der Waals surface area contributed by atoms with E-state index in [0.29, 0.717) is 29.0 Å². The summed E-state index contributed by atoms with van der Waals surface area (Å²) in [5.74, 6) is 1.30. The molecule has 0 saturated carbocycles. The lowest BCUT2D eigenvalue weighted by Crippen LogP contribution is -2.29. The Hall–Kier alpha value is -2.08. The monoisotopic (exact) mass is 288 g/mol. The fraction of sp³-hybridized carbons (Fsp3) is 0.467. The van der Waals surface area contributed by atoms with Crippen molar-refractivity contribution in [3.05, 3.63) is 35.2 Å². The van der Waals surface area contributed by atoms with Gasteiger partial charge in [0.15, 0.2) is 11.6 Å². The van der Waals surface area contributed by atoms with Gasteiger partial charge in [0, 0.05) is 6.92 Å². The third-order valence-corrected chi connectivity index (χ3v) is 4.13. The Morgan fingerprint density at radius 2 is 2.19 bits per heavy atom. The number of nitrogens with zero attached hydrogens (tertiary/aromatic N) is 2. The first kappa shape index (κ1) is 13.9. The molecule has 1 fully saturated rings. The largest absolute Gasteiger partial charge is 0.449 e. The first-order chi connectivity index (χ1) is 10.0. The van der Waals surface area contributed by atoms with Crippen LogP contribution in [0.4, 0.5) is 5.82 Å². The number of aromatic amines is 1. The van der Waals surface area contributed by atoms with Crippen LogP contribution in [0.1, 0.15) is 46.4 Å². The van der Waals surface area contributed by atoms with Gasteiger partial charge < -0.3 is 20.0 Å². The average molecular weight is 288 g/mol. The van der Waals surface area contributed by atoms with Crippen LogP contribution in [0, 0.1) is 6.92 Å². The molecule has 0 spiro atoms. The summed E-state index contributed by atoms with van der Waals surface area (Å²) in [7, 11) is 2.12. The van der Waals surface area contributed by atoms with Gasteiger partial charge in [0.2, 0.25) is 5.78 Å². The SMILES string of the molecule is Cc1nc(C(=O)c2cc(C3CCN(C)CC3)c(N)[nH]2)co1. The van der Waals surface area contributed by atoms with Crippen molar-refractivity contribution in [2.75, 3.05) is 25.9 Å². The number of ketones is 1. The Balaban J connectivity index is 1.82. The van der Waals surface area contributed by atoms with Crippen LogP contribution in [0.2, 0.25) is 0 Å². The van der Waals surface area contributed by atoms with Gasteiger partial charge in [-0.15, -0.1) is 0 Å². The zero-order valence-electron chi connectivity index (χ0n) is 12.3. The van der Waals surface area contributed by atoms with Crippen molar-refractivity contribution in [3.8, 4) is 0 Å². The molecule has 1 aliphatic heterocycles. The van der Waals surface area contributed by atoms with Crippen molar-refractivity contribution in [2.45, 2.75) is 25.7 Å². The maximum Gasteiger partial charge on any atom is 0.230 e. The highest BCUT2D eigenvalue weighted by Crippen LogP contribution is 2.32. The van der Waals surface area contributed by atoms with E-state index in [9.17, 15) is 4.79 Å². The summed E-state index contributed by atoms with van der Waals surface area (Å²) in [5.41, 5.74) is 7.90. The molecule has 2 aromatic rings. The minimum absolute atomic E-state index is 0.183. The highest BCUT2D eigenvalue weighted by atomic mass is 16.3. The maximum atomic E-state index is 12.3. The molecule has 3 heterocycles. The summed E-state index contributed by atoms with van der Waals surface area (Å²) in [6, 6.07) is 1.87. The predicted octanol–water partition coefficient (Wildman–Crippen LogP) is 1.93. The average Bonchev–Trinajstić information content (AvgIpc) is 3.05. The molecule has 3 rings (SSSR count). The number of nitrogen functional groups attached to an aromatic ring is 1. The van der Waals surface area contributed by atoms with E-state index >= 15 is 0 Å². The van der Waals surface area contributed by atoms with Crippen LogP contribution in [-0.2, 0) is 0 Å². The number of hydrogen-bond donors (Lipinski definition) is 2. The summed E-state index contributed by atoms with van der Waals surface area (Å²) in [5, 5.41) is 0. The Morgan fingerprint density at radius 1 is 1.48 bits per heavy atom. The van der Waals surface area contributed by atoms with Crippen LogP contribution in [0.5, 0.6) is 0 Å². The third-order valence-electron chi connectivity index (χ3n) is 4.13. The Labute approximate surface area is 123 Å². The third kappa shape index (κ3) is 2.71. The summed E-state index contributed by atoms with van der Waals surface area (Å²) >= 11 is 0. The molecular weight excluding hydrogens is 268 g/mol. The van der Waals surface area contributed by atoms with Gasteiger partial charge in [-0.2, -0.15) is 0 Å². The van der Waals surface area contributed by atoms with Gasteiger partial charge in [0.25, 0.3) is 0 Å². The van der Waals surface area contributed by atoms with Crippen molar-refractivity contribution in [1.82, 2.24) is 14.9 Å². The van der Waals surface area contributed by atoms with E-state index in [0.717, 1.165) is 31.5 Å². The standard InChI is InChI=1S/C15H20N4O2/c1-9-17-13(8-21-9)14(20)12-7-11(15(16)18-12)10-3-5-19(2)6-4-10/h7-8,10,18H,3-6,16H2,1-2H3. The molecule has 0 aliphatic carbocycles. The molecule has 0 radical (unpaired) electrons. The van der Waals surface area contributed by atoms with E-state index in [-0.39, 0.29) is 5.78 Å². The molecule has 3 N–H and O–H groups in total. The second kappa shape index (κ2) is 5.37. The smallest absolute Gasteiger partial charge is 0.230 e. The number of rotatable bonds is 3. The molecule has 2 aromatic heterocycles. The zero-order valence-corrected chi connectivity index (χ0v) is 12.3. The number of nitrogens with two attached hydrogens (primary N) is 1. The van der Waals surface area contributed by atoms with E-state index in [1.54, 1.807) is 6.92 Å². The van der Waals surface area contributed by atoms with Crippen LogP contribution in [0.3, 0.4) is 0 Å². The molecule has 0 bridgehead atoms. The number of hydrogen-bond acceptors (Lipinski definition) is 5. The molecule has 6 heteroatoms. The number of H-pyrrole nitrogens is 1. The maximum absolute atomic E-state index is 12.3. The normalized spacial score (nSPS) is 17.2. The van der Waals surface area contributed by atoms with E-state index in [2.05, 4.69) is 21.9 Å². The van der Waals surface area contributed by atoms with Gasteiger partial charge >= 0.3 is 0 Å². The van der Waals surface area contributed by atoms with Crippen molar-refractivity contribution >= 4 is 11.6 Å². The predicted molar refractivity (Wildman–Crippen MR) is 79.3 cm³/mol. The summed E-state index contributed by atoms with van der Waals surface area (Å²) in [6.07, 6.45) is 3.51. The number of nitrogens with one attached hydrogen (secondary N) is 1. The van der Waals surface area contributed by atoms with Crippen LogP contribution >= 0.6 is 0 Å². The number of carbonyl (C=O) groups excluding carboxylic acids is 1. The fourth-order valence-corrected chi connectivity index (χ4v) is 2.87.